The second-order valence-electron chi connectivity index (χ2n) is 3.73. The zero-order valence-electron chi connectivity index (χ0n) is 9.55. The molecule has 0 saturated heterocycles. The van der Waals surface area contributed by atoms with Gasteiger partial charge in [0.15, 0.2) is 0 Å². The number of rotatable bonds is 3. The summed E-state index contributed by atoms with van der Waals surface area (Å²) >= 11 is 0. The van der Waals surface area contributed by atoms with Crippen molar-refractivity contribution in [3.8, 4) is 0 Å². The molecule has 0 radical (unpaired) electrons. The van der Waals surface area contributed by atoms with E-state index in [0.717, 1.165) is 11.3 Å². The van der Waals surface area contributed by atoms with Crippen molar-refractivity contribution in [2.45, 2.75) is 6.54 Å². The molecule has 0 atom stereocenters. The zero-order valence-corrected chi connectivity index (χ0v) is 9.55. The molecule has 1 amide bonds. The van der Waals surface area contributed by atoms with Crippen LogP contribution in [0.3, 0.4) is 0 Å². The van der Waals surface area contributed by atoms with E-state index < -0.39 is 0 Å². The predicted molar refractivity (Wildman–Crippen MR) is 65.7 cm³/mol. The largest absolute Gasteiger partial charge is 0.326 e. The van der Waals surface area contributed by atoms with Gasteiger partial charge in [0.05, 0.1) is 11.8 Å². The van der Waals surface area contributed by atoms with E-state index in [4.69, 9.17) is 5.73 Å². The van der Waals surface area contributed by atoms with Crippen LogP contribution in [0.25, 0.3) is 0 Å². The van der Waals surface area contributed by atoms with Crippen molar-refractivity contribution in [1.29, 1.82) is 0 Å². The van der Waals surface area contributed by atoms with Crippen LogP contribution >= 0.6 is 0 Å². The van der Waals surface area contributed by atoms with Crippen LogP contribution in [-0.4, -0.2) is 23.2 Å². The predicted octanol–water partition coefficient (Wildman–Crippen LogP) is 1.14. The van der Waals surface area contributed by atoms with Crippen LogP contribution < -0.4 is 10.6 Å². The van der Waals surface area contributed by atoms with Gasteiger partial charge in [-0.1, -0.05) is 12.1 Å². The summed E-state index contributed by atoms with van der Waals surface area (Å²) in [5, 5.41) is 6.38. The van der Waals surface area contributed by atoms with Crippen molar-refractivity contribution >= 4 is 11.6 Å². The summed E-state index contributed by atoms with van der Waals surface area (Å²) in [4.78, 5) is 13.6. The Balaban J connectivity index is 2.24. The smallest absolute Gasteiger partial charge is 0.261 e. The van der Waals surface area contributed by atoms with E-state index in [1.54, 1.807) is 18.1 Å². The lowest BCUT2D eigenvalue weighted by Crippen LogP contribution is -2.25. The van der Waals surface area contributed by atoms with Crippen LogP contribution in [0, 0.1) is 0 Å². The highest BCUT2D eigenvalue weighted by molar-refractivity contribution is 6.05. The summed E-state index contributed by atoms with van der Waals surface area (Å²) < 4.78 is 0. The number of nitrogens with zero attached hydrogens (tertiary/aromatic N) is 2. The normalized spacial score (nSPS) is 10.2. The summed E-state index contributed by atoms with van der Waals surface area (Å²) in [5.74, 6) is -0.104. The Kier molecular flexibility index (Phi) is 3.20. The highest BCUT2D eigenvalue weighted by Gasteiger charge is 2.14. The first-order valence-electron chi connectivity index (χ1n) is 5.28. The molecule has 0 aliphatic carbocycles. The number of carbonyl (C=O) groups excluding carboxylic acids is 1. The van der Waals surface area contributed by atoms with Gasteiger partial charge in [0, 0.05) is 25.5 Å². The Bertz CT molecular complexity index is 507. The Morgan fingerprint density at radius 3 is 3.00 bits per heavy atom. The lowest BCUT2D eigenvalue weighted by molar-refractivity contribution is 0.0993. The van der Waals surface area contributed by atoms with Crippen molar-refractivity contribution in [2.75, 3.05) is 11.9 Å². The fraction of sp³-hybridized carbons (Fsp3) is 0.167. The molecule has 0 bridgehead atoms. The molecule has 1 heterocycles. The first-order chi connectivity index (χ1) is 8.22. The van der Waals surface area contributed by atoms with Gasteiger partial charge < -0.3 is 10.6 Å². The maximum Gasteiger partial charge on any atom is 0.261 e. The van der Waals surface area contributed by atoms with Crippen molar-refractivity contribution in [3.63, 3.8) is 0 Å². The minimum atomic E-state index is -0.104. The quantitative estimate of drug-likeness (QED) is 0.830. The van der Waals surface area contributed by atoms with E-state index in [-0.39, 0.29) is 5.91 Å². The Labute approximate surface area is 99.2 Å². The van der Waals surface area contributed by atoms with Gasteiger partial charge in [-0.3, -0.25) is 9.89 Å². The van der Waals surface area contributed by atoms with E-state index in [1.807, 2.05) is 24.3 Å². The number of amides is 1. The van der Waals surface area contributed by atoms with Gasteiger partial charge in [-0.25, -0.2) is 0 Å². The molecule has 0 aliphatic rings. The number of nitrogens with one attached hydrogen (secondary N) is 1. The zero-order chi connectivity index (χ0) is 12.3. The second-order valence-corrected chi connectivity index (χ2v) is 3.73. The Morgan fingerprint density at radius 1 is 1.53 bits per heavy atom. The van der Waals surface area contributed by atoms with Gasteiger partial charge in [-0.15, -0.1) is 0 Å². The number of H-pyrrole nitrogens is 1. The van der Waals surface area contributed by atoms with Crippen molar-refractivity contribution in [2.24, 2.45) is 5.73 Å². The average Bonchev–Trinajstić information content (AvgIpc) is 2.91. The molecule has 0 saturated carbocycles. The van der Waals surface area contributed by atoms with Gasteiger partial charge >= 0.3 is 0 Å². The van der Waals surface area contributed by atoms with Crippen LogP contribution in [0.1, 0.15) is 15.9 Å². The standard InChI is InChI=1S/C12H14N4O/c1-16(12(17)10-7-14-15-8-10)11-4-2-3-9(5-11)6-13/h2-5,7-8H,6,13H2,1H3,(H,14,15). The Morgan fingerprint density at radius 2 is 2.35 bits per heavy atom. The fourth-order valence-corrected chi connectivity index (χ4v) is 1.57. The first kappa shape index (κ1) is 11.3. The molecule has 0 spiro atoms. The lowest BCUT2D eigenvalue weighted by Gasteiger charge is -2.17. The van der Waals surface area contributed by atoms with Crippen LogP contribution in [-0.2, 0) is 6.54 Å². The van der Waals surface area contributed by atoms with Gasteiger partial charge in [-0.05, 0) is 17.7 Å². The third-order valence-corrected chi connectivity index (χ3v) is 2.58. The summed E-state index contributed by atoms with van der Waals surface area (Å²) in [5.41, 5.74) is 7.92. The Hall–Kier alpha value is -2.14. The SMILES string of the molecule is CN(C(=O)c1cn[nH]c1)c1cccc(CN)c1. The molecule has 3 N–H and O–H groups in total. The second kappa shape index (κ2) is 4.80. The monoisotopic (exact) mass is 230 g/mol. The molecule has 2 aromatic rings. The highest BCUT2D eigenvalue weighted by Crippen LogP contribution is 2.16. The summed E-state index contributed by atoms with van der Waals surface area (Å²) in [6.45, 7) is 0.460. The third-order valence-electron chi connectivity index (χ3n) is 2.58. The van der Waals surface area contributed by atoms with E-state index in [9.17, 15) is 4.79 Å². The average molecular weight is 230 g/mol. The topological polar surface area (TPSA) is 75.0 Å². The molecule has 0 unspecified atom stereocenters. The molecule has 17 heavy (non-hydrogen) atoms. The van der Waals surface area contributed by atoms with Crippen molar-refractivity contribution < 1.29 is 4.79 Å². The van der Waals surface area contributed by atoms with Crippen molar-refractivity contribution in [1.82, 2.24) is 10.2 Å². The number of anilines is 1. The molecule has 1 aromatic carbocycles. The van der Waals surface area contributed by atoms with E-state index >= 15 is 0 Å². The summed E-state index contributed by atoms with van der Waals surface area (Å²) in [7, 11) is 1.73. The number of aromatic nitrogens is 2. The molecule has 1 aromatic heterocycles. The van der Waals surface area contributed by atoms with Crippen LogP contribution in [0.15, 0.2) is 36.7 Å². The molecular formula is C12H14N4O. The van der Waals surface area contributed by atoms with Crippen LogP contribution in [0.4, 0.5) is 5.69 Å². The van der Waals surface area contributed by atoms with E-state index in [2.05, 4.69) is 10.2 Å². The molecule has 0 aliphatic heterocycles. The molecule has 5 nitrogen and oxygen atoms in total. The minimum Gasteiger partial charge on any atom is -0.326 e. The number of aromatic amines is 1. The van der Waals surface area contributed by atoms with Crippen LogP contribution in [0.2, 0.25) is 0 Å². The summed E-state index contributed by atoms with van der Waals surface area (Å²) in [6, 6.07) is 7.59. The maximum absolute atomic E-state index is 12.0. The molecule has 2 rings (SSSR count). The lowest BCUT2D eigenvalue weighted by atomic mass is 10.2. The summed E-state index contributed by atoms with van der Waals surface area (Å²) in [6.07, 6.45) is 3.08. The number of nitrogens with two attached hydrogens (primary N) is 1. The molecule has 5 heteroatoms. The van der Waals surface area contributed by atoms with Gasteiger partial charge in [0.1, 0.15) is 0 Å². The van der Waals surface area contributed by atoms with Gasteiger partial charge in [0.25, 0.3) is 5.91 Å². The highest BCUT2D eigenvalue weighted by atomic mass is 16.2. The number of benzene rings is 1. The molecule has 88 valence electrons. The first-order valence-corrected chi connectivity index (χ1v) is 5.28. The van der Waals surface area contributed by atoms with Crippen molar-refractivity contribution in [3.05, 3.63) is 47.8 Å². The molecule has 0 fully saturated rings. The third kappa shape index (κ3) is 2.34. The number of hydrogen-bond donors (Lipinski definition) is 2. The van der Waals surface area contributed by atoms with Gasteiger partial charge in [-0.2, -0.15) is 5.10 Å². The molecular weight excluding hydrogens is 216 g/mol. The number of carbonyl (C=O) groups is 1. The fourth-order valence-electron chi connectivity index (χ4n) is 1.57. The number of hydrogen-bond acceptors (Lipinski definition) is 3. The van der Waals surface area contributed by atoms with E-state index in [0.29, 0.717) is 12.1 Å². The van der Waals surface area contributed by atoms with Crippen LogP contribution in [0.5, 0.6) is 0 Å². The minimum absolute atomic E-state index is 0.104. The maximum atomic E-state index is 12.0. The van der Waals surface area contributed by atoms with E-state index in [1.165, 1.54) is 6.20 Å². The van der Waals surface area contributed by atoms with Gasteiger partial charge in [0.2, 0.25) is 0 Å².